The Morgan fingerprint density at radius 2 is 2.06 bits per heavy atom. The zero-order valence-electron chi connectivity index (χ0n) is 9.90. The highest BCUT2D eigenvalue weighted by Gasteiger charge is 2.19. The van der Waals surface area contributed by atoms with Crippen LogP contribution >= 0.6 is 0 Å². The monoisotopic (exact) mass is 242 g/mol. The summed E-state index contributed by atoms with van der Waals surface area (Å²) >= 11 is 0. The van der Waals surface area contributed by atoms with Gasteiger partial charge in [-0.25, -0.2) is 13.4 Å². The lowest BCUT2D eigenvalue weighted by molar-refractivity contribution is 0.587. The number of anilines is 1. The van der Waals surface area contributed by atoms with E-state index in [2.05, 4.69) is 17.2 Å². The van der Waals surface area contributed by atoms with Crippen molar-refractivity contribution in [1.29, 1.82) is 0 Å². The zero-order valence-corrected chi connectivity index (χ0v) is 10.7. The summed E-state index contributed by atoms with van der Waals surface area (Å²) in [7, 11) is -3.20. The van der Waals surface area contributed by atoms with Gasteiger partial charge in [-0.3, -0.25) is 0 Å². The molecule has 4 nitrogen and oxygen atoms in total. The van der Waals surface area contributed by atoms with Crippen molar-refractivity contribution in [1.82, 2.24) is 4.98 Å². The lowest BCUT2D eigenvalue weighted by Crippen LogP contribution is -2.14. The molecular formula is C11H18N2O2S. The Morgan fingerprint density at radius 3 is 2.50 bits per heavy atom. The van der Waals surface area contributed by atoms with Gasteiger partial charge in [-0.1, -0.05) is 6.92 Å². The number of hydrogen-bond acceptors (Lipinski definition) is 4. The summed E-state index contributed by atoms with van der Waals surface area (Å²) in [6.45, 7) is 6.23. The number of nitrogens with one attached hydrogen (secondary N) is 1. The maximum Gasteiger partial charge on any atom is 0.182 e. The van der Waals surface area contributed by atoms with Crippen molar-refractivity contribution in [3.8, 4) is 0 Å². The molecule has 1 heterocycles. The van der Waals surface area contributed by atoms with Crippen LogP contribution in [0.3, 0.4) is 0 Å². The van der Waals surface area contributed by atoms with Gasteiger partial charge in [0.25, 0.3) is 0 Å². The zero-order chi connectivity index (χ0) is 12.2. The van der Waals surface area contributed by atoms with Gasteiger partial charge in [-0.2, -0.15) is 0 Å². The third kappa shape index (κ3) is 2.95. The largest absolute Gasteiger partial charge is 0.370 e. The highest BCUT2D eigenvalue weighted by atomic mass is 32.2. The van der Waals surface area contributed by atoms with E-state index in [1.807, 2.05) is 0 Å². The average Bonchev–Trinajstić information content (AvgIpc) is 2.26. The number of hydrogen-bond donors (Lipinski definition) is 1. The van der Waals surface area contributed by atoms with Gasteiger partial charge >= 0.3 is 0 Å². The first-order valence-corrected chi connectivity index (χ1v) is 6.97. The summed E-state index contributed by atoms with van der Waals surface area (Å²) in [5.41, 5.74) is 0. The molecule has 1 aromatic rings. The molecule has 1 aromatic heterocycles. The van der Waals surface area contributed by atoms with Gasteiger partial charge in [0, 0.05) is 12.7 Å². The van der Waals surface area contributed by atoms with E-state index in [0.29, 0.717) is 5.82 Å². The molecule has 1 N–H and O–H groups in total. The maximum absolute atomic E-state index is 11.8. The van der Waals surface area contributed by atoms with Gasteiger partial charge in [0.2, 0.25) is 0 Å². The Bertz CT molecular complexity index is 424. The molecule has 1 rings (SSSR count). The molecule has 0 saturated carbocycles. The van der Waals surface area contributed by atoms with Gasteiger partial charge in [0.1, 0.15) is 5.82 Å². The van der Waals surface area contributed by atoms with Crippen molar-refractivity contribution in [3.63, 3.8) is 0 Å². The van der Waals surface area contributed by atoms with Crippen LogP contribution in [0.25, 0.3) is 0 Å². The minimum Gasteiger partial charge on any atom is -0.370 e. The van der Waals surface area contributed by atoms with Crippen LogP contribution in [0.4, 0.5) is 5.82 Å². The highest BCUT2D eigenvalue weighted by molar-refractivity contribution is 7.92. The minimum atomic E-state index is -3.20. The SMILES string of the molecule is CCCNc1ccc(S(=O)(=O)C(C)C)cn1. The number of nitrogens with zero attached hydrogens (tertiary/aromatic N) is 1. The fourth-order valence-corrected chi connectivity index (χ4v) is 2.18. The fraction of sp³-hybridized carbons (Fsp3) is 0.545. The molecule has 0 fully saturated rings. The van der Waals surface area contributed by atoms with Crippen LogP contribution in [0.5, 0.6) is 0 Å². The van der Waals surface area contributed by atoms with Crippen molar-refractivity contribution >= 4 is 15.7 Å². The standard InChI is InChI=1S/C11H18N2O2S/c1-4-7-12-11-6-5-10(8-13-11)16(14,15)9(2)3/h5-6,8-9H,4,7H2,1-3H3,(H,12,13). The Balaban J connectivity index is 2.87. The quantitative estimate of drug-likeness (QED) is 0.859. The Labute approximate surface area is 97.0 Å². The van der Waals surface area contributed by atoms with E-state index in [1.54, 1.807) is 26.0 Å². The molecule has 5 heteroatoms. The second-order valence-corrected chi connectivity index (χ2v) is 6.40. The van der Waals surface area contributed by atoms with E-state index >= 15 is 0 Å². The summed E-state index contributed by atoms with van der Waals surface area (Å²) in [5, 5.41) is 2.68. The van der Waals surface area contributed by atoms with E-state index in [4.69, 9.17) is 0 Å². The summed E-state index contributed by atoms with van der Waals surface area (Å²) in [6, 6.07) is 3.30. The summed E-state index contributed by atoms with van der Waals surface area (Å²) in [4.78, 5) is 4.36. The van der Waals surface area contributed by atoms with Crippen LogP contribution in [0.1, 0.15) is 27.2 Å². The third-order valence-corrected chi connectivity index (χ3v) is 4.38. The maximum atomic E-state index is 11.8. The second kappa shape index (κ2) is 5.30. The molecule has 0 atom stereocenters. The molecule has 0 unspecified atom stereocenters. The van der Waals surface area contributed by atoms with E-state index < -0.39 is 15.1 Å². The molecule has 16 heavy (non-hydrogen) atoms. The smallest absolute Gasteiger partial charge is 0.182 e. The van der Waals surface area contributed by atoms with Gasteiger partial charge < -0.3 is 5.32 Å². The molecule has 0 radical (unpaired) electrons. The van der Waals surface area contributed by atoms with E-state index in [9.17, 15) is 8.42 Å². The van der Waals surface area contributed by atoms with Gasteiger partial charge in [0.15, 0.2) is 9.84 Å². The van der Waals surface area contributed by atoms with Crippen LogP contribution < -0.4 is 5.32 Å². The number of aromatic nitrogens is 1. The molecule has 0 saturated heterocycles. The van der Waals surface area contributed by atoms with Crippen molar-refractivity contribution in [2.75, 3.05) is 11.9 Å². The molecule has 0 aliphatic heterocycles. The lowest BCUT2D eigenvalue weighted by Gasteiger charge is -2.08. The molecular weight excluding hydrogens is 224 g/mol. The Morgan fingerprint density at radius 1 is 1.38 bits per heavy atom. The first-order valence-electron chi connectivity index (χ1n) is 5.42. The highest BCUT2D eigenvalue weighted by Crippen LogP contribution is 2.16. The molecule has 0 spiro atoms. The van der Waals surface area contributed by atoms with Crippen LogP contribution in [-0.4, -0.2) is 25.2 Å². The van der Waals surface area contributed by atoms with E-state index in [1.165, 1.54) is 6.20 Å². The molecule has 0 amide bonds. The number of rotatable bonds is 5. The van der Waals surface area contributed by atoms with Crippen LogP contribution in [0.2, 0.25) is 0 Å². The Hall–Kier alpha value is -1.10. The summed E-state index contributed by atoms with van der Waals surface area (Å²) in [6.07, 6.45) is 2.42. The number of pyridine rings is 1. The van der Waals surface area contributed by atoms with E-state index in [0.717, 1.165) is 13.0 Å². The first kappa shape index (κ1) is 13.0. The molecule has 0 bridgehead atoms. The average molecular weight is 242 g/mol. The topological polar surface area (TPSA) is 59.1 Å². The molecule has 0 aliphatic rings. The number of sulfone groups is 1. The van der Waals surface area contributed by atoms with Gasteiger partial charge in [0.05, 0.1) is 10.1 Å². The lowest BCUT2D eigenvalue weighted by atomic mass is 10.4. The molecule has 0 aromatic carbocycles. The van der Waals surface area contributed by atoms with Crippen molar-refractivity contribution in [3.05, 3.63) is 18.3 Å². The summed E-state index contributed by atoms with van der Waals surface area (Å²) < 4.78 is 23.6. The van der Waals surface area contributed by atoms with Gasteiger partial charge in [-0.15, -0.1) is 0 Å². The third-order valence-electron chi connectivity index (χ3n) is 2.24. The Kier molecular flexibility index (Phi) is 4.29. The van der Waals surface area contributed by atoms with Crippen LogP contribution in [0, 0.1) is 0 Å². The van der Waals surface area contributed by atoms with Crippen LogP contribution in [0.15, 0.2) is 23.2 Å². The predicted octanol–water partition coefficient (Wildman–Crippen LogP) is 2.09. The van der Waals surface area contributed by atoms with Gasteiger partial charge in [-0.05, 0) is 32.4 Å². The van der Waals surface area contributed by atoms with Crippen molar-refractivity contribution in [2.45, 2.75) is 37.3 Å². The summed E-state index contributed by atoms with van der Waals surface area (Å²) in [5.74, 6) is 0.713. The fourth-order valence-electron chi connectivity index (χ4n) is 1.18. The van der Waals surface area contributed by atoms with Crippen molar-refractivity contribution < 1.29 is 8.42 Å². The first-order chi connectivity index (χ1) is 7.48. The van der Waals surface area contributed by atoms with Crippen molar-refractivity contribution in [2.24, 2.45) is 0 Å². The van der Waals surface area contributed by atoms with Crippen LogP contribution in [-0.2, 0) is 9.84 Å². The normalized spacial score (nSPS) is 11.8. The second-order valence-electron chi connectivity index (χ2n) is 3.90. The molecule has 0 aliphatic carbocycles. The molecule has 90 valence electrons. The van der Waals surface area contributed by atoms with E-state index in [-0.39, 0.29) is 4.90 Å². The minimum absolute atomic E-state index is 0.282. The predicted molar refractivity (Wildman–Crippen MR) is 65.3 cm³/mol.